The van der Waals surface area contributed by atoms with Gasteiger partial charge < -0.3 is 16.0 Å². The van der Waals surface area contributed by atoms with Crippen molar-refractivity contribution in [2.75, 3.05) is 23.7 Å². The molecule has 5 nitrogen and oxygen atoms in total. The first-order chi connectivity index (χ1) is 10.7. The molecule has 2 heterocycles. The summed E-state index contributed by atoms with van der Waals surface area (Å²) >= 11 is 0. The third-order valence-electron chi connectivity index (χ3n) is 4.08. The molecule has 0 radical (unpaired) electrons. The maximum atomic E-state index is 5.82. The van der Waals surface area contributed by atoms with Crippen molar-refractivity contribution in [2.24, 2.45) is 0 Å². The fourth-order valence-corrected chi connectivity index (χ4v) is 2.86. The van der Waals surface area contributed by atoms with Crippen molar-refractivity contribution in [3.63, 3.8) is 0 Å². The molecule has 22 heavy (non-hydrogen) atoms. The second-order valence-electron chi connectivity index (χ2n) is 5.86. The smallest absolute Gasteiger partial charge is 0.227 e. The van der Waals surface area contributed by atoms with Crippen LogP contribution in [0, 0.1) is 6.92 Å². The van der Waals surface area contributed by atoms with E-state index in [9.17, 15) is 0 Å². The lowest BCUT2D eigenvalue weighted by molar-refractivity contribution is 0.411. The molecule has 1 aromatic carbocycles. The van der Waals surface area contributed by atoms with Gasteiger partial charge in [-0.05, 0) is 25.3 Å². The highest BCUT2D eigenvalue weighted by Crippen LogP contribution is 2.18. The van der Waals surface area contributed by atoms with E-state index in [2.05, 4.69) is 50.5 Å². The van der Waals surface area contributed by atoms with E-state index in [0.29, 0.717) is 11.9 Å². The largest absolute Gasteiger partial charge is 0.384 e. The van der Waals surface area contributed by atoms with Crippen molar-refractivity contribution in [3.8, 4) is 0 Å². The predicted molar refractivity (Wildman–Crippen MR) is 89.7 cm³/mol. The van der Waals surface area contributed by atoms with Crippen molar-refractivity contribution in [2.45, 2.75) is 32.4 Å². The third kappa shape index (κ3) is 3.74. The number of rotatable bonds is 4. The summed E-state index contributed by atoms with van der Waals surface area (Å²) in [5.74, 6) is 1.31. The van der Waals surface area contributed by atoms with Gasteiger partial charge in [0.1, 0.15) is 5.82 Å². The molecule has 5 heteroatoms. The molecule has 0 spiro atoms. The normalized spacial score (nSPS) is 16.0. The van der Waals surface area contributed by atoms with Gasteiger partial charge >= 0.3 is 0 Å². The number of benzene rings is 1. The lowest BCUT2D eigenvalue weighted by Gasteiger charge is -2.32. The van der Waals surface area contributed by atoms with E-state index in [0.717, 1.165) is 44.1 Å². The molecule has 0 saturated carbocycles. The number of piperidine rings is 1. The van der Waals surface area contributed by atoms with E-state index >= 15 is 0 Å². The van der Waals surface area contributed by atoms with Crippen LogP contribution >= 0.6 is 0 Å². The van der Waals surface area contributed by atoms with Crippen LogP contribution in [-0.4, -0.2) is 29.1 Å². The molecule has 0 unspecified atom stereocenters. The Bertz CT molecular complexity index is 585. The van der Waals surface area contributed by atoms with Gasteiger partial charge in [-0.3, -0.25) is 0 Å². The van der Waals surface area contributed by atoms with Crippen LogP contribution in [0.15, 0.2) is 36.4 Å². The van der Waals surface area contributed by atoms with E-state index in [1.807, 2.05) is 6.92 Å². The van der Waals surface area contributed by atoms with Crippen molar-refractivity contribution < 1.29 is 0 Å². The molecule has 2 aromatic rings. The summed E-state index contributed by atoms with van der Waals surface area (Å²) in [5, 5.41) is 3.64. The second-order valence-corrected chi connectivity index (χ2v) is 5.86. The van der Waals surface area contributed by atoms with Crippen LogP contribution in [0.1, 0.15) is 24.1 Å². The molecule has 3 rings (SSSR count). The minimum absolute atomic E-state index is 0.548. The summed E-state index contributed by atoms with van der Waals surface area (Å²) in [4.78, 5) is 11.1. The zero-order chi connectivity index (χ0) is 15.4. The minimum Gasteiger partial charge on any atom is -0.384 e. The molecule has 116 valence electrons. The Morgan fingerprint density at radius 2 is 1.91 bits per heavy atom. The number of nitrogens with zero attached hydrogens (tertiary/aromatic N) is 3. The Hall–Kier alpha value is -2.14. The van der Waals surface area contributed by atoms with Crippen LogP contribution < -0.4 is 16.0 Å². The Morgan fingerprint density at radius 3 is 2.59 bits per heavy atom. The van der Waals surface area contributed by atoms with E-state index in [1.165, 1.54) is 5.56 Å². The van der Waals surface area contributed by atoms with Crippen molar-refractivity contribution >= 4 is 11.8 Å². The molecule has 1 aliphatic rings. The summed E-state index contributed by atoms with van der Waals surface area (Å²) in [6, 6.07) is 12.9. The fraction of sp³-hybridized carbons (Fsp3) is 0.412. The van der Waals surface area contributed by atoms with Gasteiger partial charge in [-0.15, -0.1) is 0 Å². The molecule has 0 aliphatic carbocycles. The van der Waals surface area contributed by atoms with Gasteiger partial charge in [0, 0.05) is 37.4 Å². The molecule has 3 N–H and O–H groups in total. The van der Waals surface area contributed by atoms with Crippen LogP contribution in [0.3, 0.4) is 0 Å². The van der Waals surface area contributed by atoms with Gasteiger partial charge in [-0.25, -0.2) is 4.98 Å². The zero-order valence-corrected chi connectivity index (χ0v) is 13.0. The lowest BCUT2D eigenvalue weighted by atomic mass is 10.0. The second kappa shape index (κ2) is 6.75. The summed E-state index contributed by atoms with van der Waals surface area (Å²) < 4.78 is 0. The van der Waals surface area contributed by atoms with Gasteiger partial charge in [0.15, 0.2) is 0 Å². The average molecular weight is 297 g/mol. The Morgan fingerprint density at radius 1 is 1.18 bits per heavy atom. The highest BCUT2D eigenvalue weighted by molar-refractivity contribution is 5.40. The fourth-order valence-electron chi connectivity index (χ4n) is 2.86. The number of nitrogens with one attached hydrogen (secondary N) is 1. The Labute approximate surface area is 131 Å². The van der Waals surface area contributed by atoms with E-state index in [1.54, 1.807) is 6.07 Å². The summed E-state index contributed by atoms with van der Waals surface area (Å²) in [7, 11) is 0. The summed E-state index contributed by atoms with van der Waals surface area (Å²) in [5.41, 5.74) is 8.07. The molecular formula is C17H23N5. The Kier molecular flexibility index (Phi) is 4.53. The highest BCUT2D eigenvalue weighted by Gasteiger charge is 2.20. The van der Waals surface area contributed by atoms with E-state index in [-0.39, 0.29) is 0 Å². The number of hydrogen-bond donors (Lipinski definition) is 2. The number of anilines is 2. The lowest BCUT2D eigenvalue weighted by Crippen LogP contribution is -2.43. The highest BCUT2D eigenvalue weighted by atomic mass is 15.3. The quantitative estimate of drug-likeness (QED) is 0.905. The number of hydrogen-bond acceptors (Lipinski definition) is 5. The summed E-state index contributed by atoms with van der Waals surface area (Å²) in [6.45, 7) is 4.82. The maximum absolute atomic E-state index is 5.82. The Balaban J connectivity index is 1.52. The van der Waals surface area contributed by atoms with Crippen LogP contribution in [0.4, 0.5) is 11.8 Å². The van der Waals surface area contributed by atoms with Crippen LogP contribution in [0.5, 0.6) is 0 Å². The number of nitrogens with two attached hydrogens (primary N) is 1. The predicted octanol–water partition coefficient (Wildman–Crippen LogP) is 2.13. The first-order valence-corrected chi connectivity index (χ1v) is 7.84. The molecule has 1 fully saturated rings. The third-order valence-corrected chi connectivity index (χ3v) is 4.08. The van der Waals surface area contributed by atoms with Crippen molar-refractivity contribution in [1.29, 1.82) is 0 Å². The average Bonchev–Trinajstić information content (AvgIpc) is 2.53. The van der Waals surface area contributed by atoms with Crippen LogP contribution in [0.25, 0.3) is 0 Å². The first-order valence-electron chi connectivity index (χ1n) is 7.84. The van der Waals surface area contributed by atoms with E-state index in [4.69, 9.17) is 5.73 Å². The molecule has 0 bridgehead atoms. The van der Waals surface area contributed by atoms with Crippen LogP contribution in [-0.2, 0) is 6.54 Å². The van der Waals surface area contributed by atoms with Crippen molar-refractivity contribution in [3.05, 3.63) is 47.7 Å². The zero-order valence-electron chi connectivity index (χ0n) is 13.0. The molecule has 1 saturated heterocycles. The van der Waals surface area contributed by atoms with Gasteiger partial charge in [-0.1, -0.05) is 30.3 Å². The SMILES string of the molecule is Cc1cc(N)nc(N2CCC(NCc3ccccc3)CC2)n1. The molecule has 0 amide bonds. The van der Waals surface area contributed by atoms with E-state index < -0.39 is 0 Å². The molecular weight excluding hydrogens is 274 g/mol. The molecule has 1 aromatic heterocycles. The van der Waals surface area contributed by atoms with Crippen LogP contribution in [0.2, 0.25) is 0 Å². The van der Waals surface area contributed by atoms with Gasteiger partial charge in [0.2, 0.25) is 5.95 Å². The topological polar surface area (TPSA) is 67.1 Å². The monoisotopic (exact) mass is 297 g/mol. The van der Waals surface area contributed by atoms with Crippen molar-refractivity contribution in [1.82, 2.24) is 15.3 Å². The number of aromatic nitrogens is 2. The maximum Gasteiger partial charge on any atom is 0.227 e. The minimum atomic E-state index is 0.548. The molecule has 0 atom stereocenters. The summed E-state index contributed by atoms with van der Waals surface area (Å²) in [6.07, 6.45) is 2.20. The standard InChI is InChI=1S/C17H23N5/c1-13-11-16(18)21-17(20-13)22-9-7-15(8-10-22)19-12-14-5-3-2-4-6-14/h2-6,11,15,19H,7-10,12H2,1H3,(H2,18,20,21). The number of aryl methyl sites for hydroxylation is 1. The van der Waals surface area contributed by atoms with Gasteiger partial charge in [0.05, 0.1) is 0 Å². The first kappa shape index (κ1) is 14.8. The number of nitrogen functional groups attached to an aromatic ring is 1. The molecule has 1 aliphatic heterocycles. The van der Waals surface area contributed by atoms with Gasteiger partial charge in [0.25, 0.3) is 0 Å². The van der Waals surface area contributed by atoms with Gasteiger partial charge in [-0.2, -0.15) is 4.98 Å².